The van der Waals surface area contributed by atoms with E-state index < -0.39 is 11.8 Å². The van der Waals surface area contributed by atoms with Crippen molar-refractivity contribution in [1.29, 1.82) is 0 Å². The average Bonchev–Trinajstić information content (AvgIpc) is 3.22. The molecule has 2 heterocycles. The number of amides is 2. The van der Waals surface area contributed by atoms with Gasteiger partial charge in [-0.3, -0.25) is 25.5 Å². The first-order valence-corrected chi connectivity index (χ1v) is 8.06. The maximum Gasteiger partial charge on any atom is 0.287 e. The summed E-state index contributed by atoms with van der Waals surface area (Å²) in [6.45, 7) is 3.73. The molecule has 0 radical (unpaired) electrons. The van der Waals surface area contributed by atoms with Gasteiger partial charge < -0.3 is 0 Å². The quantitative estimate of drug-likeness (QED) is 0.636. The Morgan fingerprint density at radius 1 is 1.08 bits per heavy atom. The van der Waals surface area contributed by atoms with E-state index in [1.54, 1.807) is 18.5 Å². The number of nitrogens with zero attached hydrogens (tertiary/aromatic N) is 2. The Labute approximate surface area is 142 Å². The molecule has 24 heavy (non-hydrogen) atoms. The topological polar surface area (TPSA) is 99.8 Å². The van der Waals surface area contributed by atoms with Crippen molar-refractivity contribution < 1.29 is 9.59 Å². The summed E-state index contributed by atoms with van der Waals surface area (Å²) in [6.07, 6.45) is 0. The highest BCUT2D eigenvalue weighted by Gasteiger charge is 2.15. The molecular formula is C16H15N5O2S. The third-order valence-corrected chi connectivity index (χ3v) is 4.34. The summed E-state index contributed by atoms with van der Waals surface area (Å²) in [5, 5.41) is 6.79. The van der Waals surface area contributed by atoms with Crippen molar-refractivity contribution in [2.24, 2.45) is 0 Å². The molecule has 0 aliphatic carbocycles. The van der Waals surface area contributed by atoms with E-state index in [4.69, 9.17) is 0 Å². The van der Waals surface area contributed by atoms with Gasteiger partial charge in [0.25, 0.3) is 11.8 Å². The number of aromatic nitrogens is 3. The number of H-pyrrole nitrogens is 1. The van der Waals surface area contributed by atoms with Crippen LogP contribution in [0.5, 0.6) is 0 Å². The van der Waals surface area contributed by atoms with Crippen LogP contribution in [0.15, 0.2) is 35.8 Å². The fraction of sp³-hybridized carbons (Fsp3) is 0.125. The second kappa shape index (κ2) is 6.63. The van der Waals surface area contributed by atoms with Gasteiger partial charge >= 0.3 is 0 Å². The maximum absolute atomic E-state index is 12.1. The smallest absolute Gasteiger partial charge is 0.272 e. The van der Waals surface area contributed by atoms with Gasteiger partial charge in [-0.2, -0.15) is 5.10 Å². The van der Waals surface area contributed by atoms with Crippen molar-refractivity contribution in [3.8, 4) is 11.3 Å². The Kier molecular flexibility index (Phi) is 4.39. The molecule has 1 aromatic carbocycles. The van der Waals surface area contributed by atoms with Crippen LogP contribution < -0.4 is 10.9 Å². The van der Waals surface area contributed by atoms with Crippen LogP contribution in [-0.2, 0) is 0 Å². The Morgan fingerprint density at radius 2 is 1.79 bits per heavy atom. The van der Waals surface area contributed by atoms with Crippen molar-refractivity contribution in [2.75, 3.05) is 0 Å². The summed E-state index contributed by atoms with van der Waals surface area (Å²) < 4.78 is 0. The molecule has 3 N–H and O–H groups in total. The number of carbonyl (C=O) groups excluding carboxylic acids is 2. The lowest BCUT2D eigenvalue weighted by atomic mass is 10.1. The van der Waals surface area contributed by atoms with Gasteiger partial charge in [-0.1, -0.05) is 29.8 Å². The number of aromatic amines is 1. The number of aryl methyl sites for hydroxylation is 2. The molecule has 0 atom stereocenters. The zero-order valence-corrected chi connectivity index (χ0v) is 13.9. The molecule has 8 heteroatoms. The van der Waals surface area contributed by atoms with Crippen LogP contribution in [0.3, 0.4) is 0 Å². The molecule has 7 nitrogen and oxygen atoms in total. The van der Waals surface area contributed by atoms with Gasteiger partial charge in [0.2, 0.25) is 0 Å². The fourth-order valence-corrected chi connectivity index (χ4v) is 2.77. The second-order valence-electron chi connectivity index (χ2n) is 5.21. The summed E-state index contributed by atoms with van der Waals surface area (Å²) in [6, 6.07) is 9.44. The second-order valence-corrected chi connectivity index (χ2v) is 6.06. The summed E-state index contributed by atoms with van der Waals surface area (Å²) in [5.41, 5.74) is 9.88. The summed E-state index contributed by atoms with van der Waals surface area (Å²) in [4.78, 5) is 28.5. The van der Waals surface area contributed by atoms with Crippen LogP contribution in [-0.4, -0.2) is 27.0 Å². The number of hydrazine groups is 1. The first-order chi connectivity index (χ1) is 11.5. The zero-order valence-electron chi connectivity index (χ0n) is 13.1. The van der Waals surface area contributed by atoms with Gasteiger partial charge in [0.05, 0.1) is 16.9 Å². The van der Waals surface area contributed by atoms with E-state index in [1.165, 1.54) is 11.3 Å². The predicted molar refractivity (Wildman–Crippen MR) is 90.5 cm³/mol. The standard InChI is InChI=1S/C16H15N5O2S/c1-9-3-5-11(6-4-9)12-7-13(19-18-12)15(22)20-21-16(23)14-10(2)17-8-24-14/h3-8H,1-2H3,(H,18,19)(H,20,22)(H,21,23). The van der Waals surface area contributed by atoms with E-state index in [0.29, 0.717) is 16.3 Å². The molecular weight excluding hydrogens is 326 g/mol. The van der Waals surface area contributed by atoms with Crippen molar-refractivity contribution in [2.45, 2.75) is 13.8 Å². The number of thiazole rings is 1. The molecule has 2 aromatic heterocycles. The highest BCUT2D eigenvalue weighted by atomic mass is 32.1. The molecule has 0 unspecified atom stereocenters. The van der Waals surface area contributed by atoms with Crippen LogP contribution >= 0.6 is 11.3 Å². The molecule has 2 amide bonds. The zero-order chi connectivity index (χ0) is 17.1. The predicted octanol–water partition coefficient (Wildman–Crippen LogP) is 2.22. The lowest BCUT2D eigenvalue weighted by molar-refractivity contribution is 0.0845. The minimum Gasteiger partial charge on any atom is -0.272 e. The third-order valence-electron chi connectivity index (χ3n) is 3.41. The Hall–Kier alpha value is -3.00. The first kappa shape index (κ1) is 15.9. The molecule has 0 bridgehead atoms. The van der Waals surface area contributed by atoms with Gasteiger partial charge in [0.15, 0.2) is 0 Å². The molecule has 0 spiro atoms. The van der Waals surface area contributed by atoms with Crippen molar-refractivity contribution >= 4 is 23.2 Å². The molecule has 0 fully saturated rings. The third kappa shape index (κ3) is 3.33. The number of hydrogen-bond donors (Lipinski definition) is 3. The number of hydrogen-bond acceptors (Lipinski definition) is 5. The lowest BCUT2D eigenvalue weighted by Crippen LogP contribution is -2.41. The molecule has 122 valence electrons. The molecule has 3 aromatic rings. The maximum atomic E-state index is 12.1. The molecule has 0 aliphatic rings. The number of carbonyl (C=O) groups is 2. The highest BCUT2D eigenvalue weighted by Crippen LogP contribution is 2.18. The molecule has 0 saturated heterocycles. The summed E-state index contributed by atoms with van der Waals surface area (Å²) in [5.74, 6) is -0.877. The van der Waals surface area contributed by atoms with Gasteiger partial charge in [-0.05, 0) is 19.9 Å². The number of benzene rings is 1. The SMILES string of the molecule is Cc1ccc(-c2cc(C(=O)NNC(=O)c3scnc3C)[nH]n2)cc1. The Balaban J connectivity index is 1.65. The summed E-state index contributed by atoms with van der Waals surface area (Å²) in [7, 11) is 0. The fourth-order valence-electron chi connectivity index (χ4n) is 2.07. The minimum absolute atomic E-state index is 0.256. The van der Waals surface area contributed by atoms with Crippen LogP contribution in [0.4, 0.5) is 0 Å². The Bertz CT molecular complexity index is 882. The van der Waals surface area contributed by atoms with E-state index in [2.05, 4.69) is 26.0 Å². The molecule has 0 aliphatic heterocycles. The lowest BCUT2D eigenvalue weighted by Gasteiger charge is -2.04. The molecule has 3 rings (SSSR count). The van der Waals surface area contributed by atoms with E-state index in [0.717, 1.165) is 11.1 Å². The van der Waals surface area contributed by atoms with Crippen molar-refractivity contribution in [3.05, 3.63) is 57.7 Å². The van der Waals surface area contributed by atoms with Gasteiger partial charge in [0.1, 0.15) is 10.6 Å². The molecule has 0 saturated carbocycles. The number of nitrogens with one attached hydrogen (secondary N) is 3. The van der Waals surface area contributed by atoms with E-state index in [1.807, 2.05) is 31.2 Å². The van der Waals surface area contributed by atoms with E-state index >= 15 is 0 Å². The highest BCUT2D eigenvalue weighted by molar-refractivity contribution is 7.11. The van der Waals surface area contributed by atoms with E-state index in [9.17, 15) is 9.59 Å². The van der Waals surface area contributed by atoms with E-state index in [-0.39, 0.29) is 5.69 Å². The van der Waals surface area contributed by atoms with Crippen LogP contribution in [0.25, 0.3) is 11.3 Å². The normalized spacial score (nSPS) is 10.4. The van der Waals surface area contributed by atoms with Crippen LogP contribution in [0.1, 0.15) is 31.4 Å². The van der Waals surface area contributed by atoms with Crippen molar-refractivity contribution in [3.63, 3.8) is 0 Å². The van der Waals surface area contributed by atoms with Crippen LogP contribution in [0, 0.1) is 13.8 Å². The van der Waals surface area contributed by atoms with Gasteiger partial charge in [-0.15, -0.1) is 11.3 Å². The van der Waals surface area contributed by atoms with Gasteiger partial charge in [-0.25, -0.2) is 4.98 Å². The number of rotatable bonds is 3. The van der Waals surface area contributed by atoms with Crippen molar-refractivity contribution in [1.82, 2.24) is 26.0 Å². The first-order valence-electron chi connectivity index (χ1n) is 7.18. The average molecular weight is 341 g/mol. The minimum atomic E-state index is -0.476. The largest absolute Gasteiger partial charge is 0.287 e. The Morgan fingerprint density at radius 3 is 2.46 bits per heavy atom. The monoisotopic (exact) mass is 341 g/mol. The van der Waals surface area contributed by atoms with Gasteiger partial charge in [0, 0.05) is 5.56 Å². The van der Waals surface area contributed by atoms with Crippen LogP contribution in [0.2, 0.25) is 0 Å². The summed E-state index contributed by atoms with van der Waals surface area (Å²) >= 11 is 1.21.